The lowest BCUT2D eigenvalue weighted by Gasteiger charge is -2.35. The number of nitrogens with two attached hydrogens (primary N) is 1. The highest BCUT2D eigenvalue weighted by Crippen LogP contribution is 2.35. The van der Waals surface area contributed by atoms with Crippen molar-refractivity contribution in [2.75, 3.05) is 0 Å². The van der Waals surface area contributed by atoms with E-state index in [1.165, 1.54) is 0 Å². The highest BCUT2D eigenvalue weighted by atomic mass is 32.2. The Morgan fingerprint density at radius 3 is 2.90 bits per heavy atom. The van der Waals surface area contributed by atoms with Crippen molar-refractivity contribution in [2.45, 2.75) is 57.0 Å². The van der Waals surface area contributed by atoms with E-state index in [-0.39, 0.29) is 22.9 Å². The third-order valence-corrected chi connectivity index (χ3v) is 5.45. The van der Waals surface area contributed by atoms with Crippen LogP contribution in [0, 0.1) is 5.41 Å². The molecule has 1 heterocycles. The Bertz CT molecular complexity index is 570. The number of hydrogen-bond donors (Lipinski definition) is 2. The molecule has 0 radical (unpaired) electrons. The van der Waals surface area contributed by atoms with Gasteiger partial charge in [0.1, 0.15) is 4.90 Å². The van der Waals surface area contributed by atoms with E-state index in [9.17, 15) is 8.42 Å². The highest BCUT2D eigenvalue weighted by molar-refractivity contribution is 7.89. The molecule has 1 aliphatic rings. The molecule has 0 spiro atoms. The van der Waals surface area contributed by atoms with Gasteiger partial charge in [-0.15, -0.1) is 0 Å². The van der Waals surface area contributed by atoms with Gasteiger partial charge in [0.15, 0.2) is 0 Å². The van der Waals surface area contributed by atoms with E-state index in [4.69, 9.17) is 5.73 Å². The summed E-state index contributed by atoms with van der Waals surface area (Å²) < 4.78 is 27.8. The molecule has 1 aliphatic carbocycles. The molecular formula is C14H23N3O2S. The van der Waals surface area contributed by atoms with E-state index in [0.717, 1.165) is 25.7 Å². The second kappa shape index (κ2) is 5.79. The van der Waals surface area contributed by atoms with Crippen molar-refractivity contribution in [1.29, 1.82) is 0 Å². The fourth-order valence-corrected chi connectivity index (χ4v) is 4.37. The minimum absolute atomic E-state index is 0.00502. The molecule has 112 valence electrons. The molecule has 6 heteroatoms. The standard InChI is InChI=1S/C14H23N3O2S/c1-14(2)7-3-5-11(9-14)17-20(18,19)13-6-4-8-16-12(13)10-15/h4,6,8,11,17H,3,5,7,9-10,15H2,1-2H3. The van der Waals surface area contributed by atoms with Crippen molar-refractivity contribution >= 4 is 10.0 Å². The maximum atomic E-state index is 12.5. The summed E-state index contributed by atoms with van der Waals surface area (Å²) in [5.74, 6) is 0. The fourth-order valence-electron chi connectivity index (χ4n) is 2.90. The Hall–Kier alpha value is -0.980. The Morgan fingerprint density at radius 2 is 2.25 bits per heavy atom. The number of aromatic nitrogens is 1. The zero-order chi connectivity index (χ0) is 14.8. The minimum atomic E-state index is -3.55. The predicted octanol–water partition coefficient (Wildman–Crippen LogP) is 1.79. The second-order valence-corrected chi connectivity index (χ2v) is 7.91. The summed E-state index contributed by atoms with van der Waals surface area (Å²) >= 11 is 0. The summed E-state index contributed by atoms with van der Waals surface area (Å²) in [5.41, 5.74) is 6.17. The van der Waals surface area contributed by atoms with E-state index in [1.54, 1.807) is 18.3 Å². The number of nitrogens with one attached hydrogen (secondary N) is 1. The maximum absolute atomic E-state index is 12.5. The molecule has 0 bridgehead atoms. The summed E-state index contributed by atoms with van der Waals surface area (Å²) in [6.45, 7) is 4.49. The first-order valence-corrected chi connectivity index (χ1v) is 8.49. The number of pyridine rings is 1. The van der Waals surface area contributed by atoms with Gasteiger partial charge in [-0.3, -0.25) is 4.98 Å². The summed E-state index contributed by atoms with van der Waals surface area (Å²) in [7, 11) is -3.55. The monoisotopic (exact) mass is 297 g/mol. The second-order valence-electron chi connectivity index (χ2n) is 6.23. The first kappa shape index (κ1) is 15.4. The van der Waals surface area contributed by atoms with Gasteiger partial charge < -0.3 is 5.73 Å². The van der Waals surface area contributed by atoms with Crippen LogP contribution in [0.2, 0.25) is 0 Å². The molecule has 0 aromatic carbocycles. The Balaban J connectivity index is 2.19. The average molecular weight is 297 g/mol. The normalized spacial score (nSPS) is 22.6. The van der Waals surface area contributed by atoms with Crippen molar-refractivity contribution in [2.24, 2.45) is 11.1 Å². The largest absolute Gasteiger partial charge is 0.325 e. The first-order chi connectivity index (χ1) is 9.34. The Morgan fingerprint density at radius 1 is 1.50 bits per heavy atom. The molecule has 0 aliphatic heterocycles. The van der Waals surface area contributed by atoms with Gasteiger partial charge in [0.25, 0.3) is 0 Å². The van der Waals surface area contributed by atoms with Gasteiger partial charge in [0.2, 0.25) is 10.0 Å². The molecule has 5 nitrogen and oxygen atoms in total. The van der Waals surface area contributed by atoms with E-state index >= 15 is 0 Å². The summed E-state index contributed by atoms with van der Waals surface area (Å²) in [5, 5.41) is 0. The van der Waals surface area contributed by atoms with Crippen molar-refractivity contribution < 1.29 is 8.42 Å². The molecule has 1 fully saturated rings. The molecule has 1 aromatic heterocycles. The van der Waals surface area contributed by atoms with Crippen LogP contribution in [0.4, 0.5) is 0 Å². The van der Waals surface area contributed by atoms with Crippen LogP contribution in [0.5, 0.6) is 0 Å². The van der Waals surface area contributed by atoms with Crippen molar-refractivity contribution in [3.8, 4) is 0 Å². The lowest BCUT2D eigenvalue weighted by atomic mass is 9.75. The minimum Gasteiger partial charge on any atom is -0.325 e. The van der Waals surface area contributed by atoms with Gasteiger partial charge in [0.05, 0.1) is 5.69 Å². The van der Waals surface area contributed by atoms with Crippen molar-refractivity contribution in [1.82, 2.24) is 9.71 Å². The number of rotatable bonds is 4. The van der Waals surface area contributed by atoms with E-state index in [2.05, 4.69) is 23.6 Å². The SMILES string of the molecule is CC1(C)CCCC(NS(=O)(=O)c2cccnc2CN)C1. The summed E-state index contributed by atoms with van der Waals surface area (Å²) in [6, 6.07) is 3.18. The molecule has 2 rings (SSSR count). The fraction of sp³-hybridized carbons (Fsp3) is 0.643. The third-order valence-electron chi connectivity index (χ3n) is 3.86. The van der Waals surface area contributed by atoms with Crippen LogP contribution in [0.1, 0.15) is 45.2 Å². The van der Waals surface area contributed by atoms with Crippen LogP contribution in [0.3, 0.4) is 0 Å². The van der Waals surface area contributed by atoms with E-state index < -0.39 is 10.0 Å². The summed E-state index contributed by atoms with van der Waals surface area (Å²) in [4.78, 5) is 4.24. The molecule has 1 unspecified atom stereocenters. The smallest absolute Gasteiger partial charge is 0.242 e. The van der Waals surface area contributed by atoms with Gasteiger partial charge >= 0.3 is 0 Å². The van der Waals surface area contributed by atoms with Gasteiger partial charge in [-0.25, -0.2) is 13.1 Å². The van der Waals surface area contributed by atoms with Crippen LogP contribution < -0.4 is 10.5 Å². The molecule has 0 amide bonds. The molecule has 1 atom stereocenters. The molecule has 0 saturated heterocycles. The highest BCUT2D eigenvalue weighted by Gasteiger charge is 2.31. The van der Waals surface area contributed by atoms with Crippen LogP contribution in [-0.4, -0.2) is 19.4 Å². The quantitative estimate of drug-likeness (QED) is 0.887. The zero-order valence-electron chi connectivity index (χ0n) is 12.1. The average Bonchev–Trinajstić information content (AvgIpc) is 2.37. The van der Waals surface area contributed by atoms with Crippen molar-refractivity contribution in [3.05, 3.63) is 24.0 Å². The van der Waals surface area contributed by atoms with Gasteiger partial charge in [-0.05, 0) is 36.8 Å². The number of nitrogens with zero attached hydrogens (tertiary/aromatic N) is 1. The lowest BCUT2D eigenvalue weighted by molar-refractivity contribution is 0.212. The van der Waals surface area contributed by atoms with E-state index in [0.29, 0.717) is 5.69 Å². The zero-order valence-corrected chi connectivity index (χ0v) is 12.9. The predicted molar refractivity (Wildman–Crippen MR) is 78.5 cm³/mol. The Kier molecular flexibility index (Phi) is 4.46. The van der Waals surface area contributed by atoms with Crippen molar-refractivity contribution in [3.63, 3.8) is 0 Å². The first-order valence-electron chi connectivity index (χ1n) is 7.00. The van der Waals surface area contributed by atoms with Crippen LogP contribution in [-0.2, 0) is 16.6 Å². The molecule has 20 heavy (non-hydrogen) atoms. The third kappa shape index (κ3) is 3.56. The van der Waals surface area contributed by atoms with Gasteiger partial charge in [0, 0.05) is 18.8 Å². The lowest BCUT2D eigenvalue weighted by Crippen LogP contribution is -2.41. The van der Waals surface area contributed by atoms with Crippen LogP contribution >= 0.6 is 0 Å². The summed E-state index contributed by atoms with van der Waals surface area (Å²) in [6.07, 6.45) is 5.51. The molecule has 1 aromatic rings. The maximum Gasteiger partial charge on any atom is 0.242 e. The number of sulfonamides is 1. The molecule has 1 saturated carbocycles. The Labute approximate surface area is 121 Å². The van der Waals surface area contributed by atoms with Gasteiger partial charge in [-0.2, -0.15) is 0 Å². The van der Waals surface area contributed by atoms with Gasteiger partial charge in [-0.1, -0.05) is 20.3 Å². The topological polar surface area (TPSA) is 85.1 Å². The number of hydrogen-bond acceptors (Lipinski definition) is 4. The van der Waals surface area contributed by atoms with Crippen LogP contribution in [0.25, 0.3) is 0 Å². The van der Waals surface area contributed by atoms with E-state index in [1.807, 2.05) is 0 Å². The molecule has 3 N–H and O–H groups in total. The molecular weight excluding hydrogens is 274 g/mol. The van der Waals surface area contributed by atoms with Crippen LogP contribution in [0.15, 0.2) is 23.2 Å².